The molecule has 0 amide bonds. The van der Waals surface area contributed by atoms with Crippen LogP contribution in [0.3, 0.4) is 0 Å². The fraction of sp³-hybridized carbons (Fsp3) is 0.600. The van der Waals surface area contributed by atoms with Crippen LogP contribution in [-0.2, 0) is 10.0 Å². The monoisotopic (exact) mass is 419 g/mol. The smallest absolute Gasteiger partial charge is 0.242 e. The minimum Gasteiger partial charge on any atom is -0.392 e. The number of nitrogens with one attached hydrogen (secondary N) is 1. The van der Waals surface area contributed by atoms with E-state index in [2.05, 4.69) is 36.6 Å². The topological polar surface area (TPSA) is 66.4 Å². The van der Waals surface area contributed by atoms with Crippen molar-refractivity contribution in [2.45, 2.75) is 31.3 Å². The Bertz CT molecular complexity index is 499. The average Bonchev–Trinajstić information content (AvgIpc) is 2.55. The highest BCUT2D eigenvalue weighted by Gasteiger charge is 2.21. The molecule has 2 N–H and O–H groups in total. The van der Waals surface area contributed by atoms with Gasteiger partial charge in [0, 0.05) is 6.54 Å². The van der Waals surface area contributed by atoms with Gasteiger partial charge >= 0.3 is 0 Å². The molecule has 8 heteroatoms. The highest BCUT2D eigenvalue weighted by Crippen LogP contribution is 2.34. The summed E-state index contributed by atoms with van der Waals surface area (Å²) < 4.78 is 27.7. The molecule has 0 radical (unpaired) electrons. The second-order valence-corrected chi connectivity index (χ2v) is 9.81. The molecule has 0 aliphatic rings. The number of thiophene rings is 1. The van der Waals surface area contributed by atoms with Gasteiger partial charge in [-0.2, -0.15) is 0 Å². The molecule has 0 aliphatic carbocycles. The van der Waals surface area contributed by atoms with E-state index in [0.29, 0.717) is 16.1 Å². The second kappa shape index (κ2) is 6.81. The molecule has 0 fully saturated rings. The molecule has 1 atom stereocenters. The third-order valence-corrected chi connectivity index (χ3v) is 6.35. The average molecular weight is 421 g/mol. The second-order valence-electron chi connectivity index (χ2n) is 4.32. The minimum atomic E-state index is -3.58. The third-order valence-electron chi connectivity index (χ3n) is 2.17. The van der Waals surface area contributed by atoms with E-state index in [-0.39, 0.29) is 11.4 Å². The lowest BCUT2D eigenvalue weighted by Crippen LogP contribution is -2.32. The van der Waals surface area contributed by atoms with Gasteiger partial charge < -0.3 is 5.11 Å². The van der Waals surface area contributed by atoms with Gasteiger partial charge in [-0.25, -0.2) is 13.1 Å². The number of halogens is 2. The number of aliphatic hydroxyl groups is 1. The largest absolute Gasteiger partial charge is 0.392 e. The van der Waals surface area contributed by atoms with Crippen molar-refractivity contribution in [3.05, 3.63) is 13.6 Å². The first-order chi connectivity index (χ1) is 8.22. The van der Waals surface area contributed by atoms with Gasteiger partial charge in [-0.1, -0.05) is 13.8 Å². The van der Waals surface area contributed by atoms with Gasteiger partial charge in [0.25, 0.3) is 0 Å². The Labute approximate surface area is 128 Å². The van der Waals surface area contributed by atoms with E-state index in [0.717, 1.165) is 3.79 Å². The number of sulfonamides is 1. The maximum absolute atomic E-state index is 12.0. The van der Waals surface area contributed by atoms with Gasteiger partial charge in [-0.05, 0) is 50.3 Å². The molecule has 0 aliphatic heterocycles. The van der Waals surface area contributed by atoms with Crippen LogP contribution >= 0.6 is 43.2 Å². The first kappa shape index (κ1) is 16.6. The molecular weight excluding hydrogens is 406 g/mol. The van der Waals surface area contributed by atoms with Crippen LogP contribution in [-0.4, -0.2) is 26.2 Å². The molecule has 0 saturated carbocycles. The number of hydrogen-bond donors (Lipinski definition) is 2. The SMILES string of the molecule is CC(C)CC(O)CNS(=O)(=O)c1cc(Br)sc1Br. The molecule has 1 rings (SSSR count). The molecule has 18 heavy (non-hydrogen) atoms. The molecule has 1 unspecified atom stereocenters. The van der Waals surface area contributed by atoms with Crippen LogP contribution in [0.1, 0.15) is 20.3 Å². The van der Waals surface area contributed by atoms with E-state index in [1.165, 1.54) is 17.4 Å². The zero-order valence-corrected chi connectivity index (χ0v) is 14.8. The summed E-state index contributed by atoms with van der Waals surface area (Å²) in [5, 5.41) is 9.66. The van der Waals surface area contributed by atoms with E-state index >= 15 is 0 Å². The normalized spacial score (nSPS) is 14.1. The van der Waals surface area contributed by atoms with Crippen LogP contribution in [0.4, 0.5) is 0 Å². The zero-order valence-electron chi connectivity index (χ0n) is 9.98. The van der Waals surface area contributed by atoms with Gasteiger partial charge in [-0.3, -0.25) is 0 Å². The summed E-state index contributed by atoms with van der Waals surface area (Å²) >= 11 is 7.73. The van der Waals surface area contributed by atoms with Crippen molar-refractivity contribution in [1.82, 2.24) is 4.72 Å². The van der Waals surface area contributed by atoms with Crippen molar-refractivity contribution in [2.24, 2.45) is 5.92 Å². The molecule has 1 aromatic heterocycles. The van der Waals surface area contributed by atoms with Crippen molar-refractivity contribution >= 4 is 53.2 Å². The van der Waals surface area contributed by atoms with E-state index in [4.69, 9.17) is 0 Å². The van der Waals surface area contributed by atoms with E-state index in [9.17, 15) is 13.5 Å². The molecular formula is C10H15Br2NO3S2. The van der Waals surface area contributed by atoms with Crippen molar-refractivity contribution in [3.8, 4) is 0 Å². The fourth-order valence-corrected chi connectivity index (χ4v) is 6.30. The van der Waals surface area contributed by atoms with Crippen LogP contribution in [0.15, 0.2) is 18.5 Å². The standard InChI is InChI=1S/C10H15Br2NO3S2/c1-6(2)3-7(14)5-13-18(15,16)8-4-9(11)17-10(8)12/h4,6-7,13-14H,3,5H2,1-2H3. The number of aliphatic hydroxyl groups excluding tert-OH is 1. The summed E-state index contributed by atoms with van der Waals surface area (Å²) in [6.07, 6.45) is -0.0996. The van der Waals surface area contributed by atoms with Gasteiger partial charge in [0.1, 0.15) is 4.90 Å². The molecule has 0 saturated heterocycles. The fourth-order valence-electron chi connectivity index (χ4n) is 1.42. The summed E-state index contributed by atoms with van der Waals surface area (Å²) in [5.74, 6) is 0.325. The van der Waals surface area contributed by atoms with Gasteiger partial charge in [0.2, 0.25) is 10.0 Å². The lowest BCUT2D eigenvalue weighted by atomic mass is 10.1. The molecule has 104 valence electrons. The molecule has 0 aromatic carbocycles. The Morgan fingerprint density at radius 1 is 1.44 bits per heavy atom. The molecule has 0 spiro atoms. The predicted octanol–water partition coefficient (Wildman–Crippen LogP) is 2.96. The van der Waals surface area contributed by atoms with Gasteiger partial charge in [0.15, 0.2) is 0 Å². The maximum atomic E-state index is 12.0. The van der Waals surface area contributed by atoms with Gasteiger partial charge in [-0.15, -0.1) is 11.3 Å². The van der Waals surface area contributed by atoms with E-state index in [1.54, 1.807) is 0 Å². The number of hydrogen-bond acceptors (Lipinski definition) is 4. The Hall–Kier alpha value is 0.530. The van der Waals surface area contributed by atoms with Gasteiger partial charge in [0.05, 0.1) is 13.7 Å². The molecule has 4 nitrogen and oxygen atoms in total. The summed E-state index contributed by atoms with van der Waals surface area (Å²) in [6, 6.07) is 1.53. The highest BCUT2D eigenvalue weighted by molar-refractivity contribution is 9.12. The first-order valence-electron chi connectivity index (χ1n) is 5.35. The van der Waals surface area contributed by atoms with Crippen molar-refractivity contribution in [1.29, 1.82) is 0 Å². The van der Waals surface area contributed by atoms with E-state index < -0.39 is 16.1 Å². The molecule has 0 bridgehead atoms. The van der Waals surface area contributed by atoms with Crippen LogP contribution in [0.5, 0.6) is 0 Å². The van der Waals surface area contributed by atoms with Crippen molar-refractivity contribution in [2.75, 3.05) is 6.54 Å². The maximum Gasteiger partial charge on any atom is 0.242 e. The summed E-state index contributed by atoms with van der Waals surface area (Å²) in [6.45, 7) is 3.98. The molecule has 1 heterocycles. The van der Waals surface area contributed by atoms with E-state index in [1.807, 2.05) is 13.8 Å². The van der Waals surface area contributed by atoms with Crippen LogP contribution in [0.25, 0.3) is 0 Å². The Morgan fingerprint density at radius 2 is 2.06 bits per heavy atom. The van der Waals surface area contributed by atoms with Crippen molar-refractivity contribution < 1.29 is 13.5 Å². The van der Waals surface area contributed by atoms with Crippen LogP contribution < -0.4 is 4.72 Å². The predicted molar refractivity (Wildman–Crippen MR) is 80.4 cm³/mol. The third kappa shape index (κ3) is 4.90. The number of rotatable bonds is 6. The quantitative estimate of drug-likeness (QED) is 0.743. The van der Waals surface area contributed by atoms with Crippen LogP contribution in [0.2, 0.25) is 0 Å². The highest BCUT2D eigenvalue weighted by atomic mass is 79.9. The summed E-state index contributed by atoms with van der Waals surface area (Å²) in [4.78, 5) is 0.191. The first-order valence-corrected chi connectivity index (χ1v) is 9.23. The van der Waals surface area contributed by atoms with Crippen LogP contribution in [0, 0.1) is 5.92 Å². The Morgan fingerprint density at radius 3 is 2.50 bits per heavy atom. The zero-order chi connectivity index (χ0) is 13.9. The molecule has 1 aromatic rings. The lowest BCUT2D eigenvalue weighted by Gasteiger charge is -2.13. The summed E-state index contributed by atoms with van der Waals surface area (Å²) in [7, 11) is -3.58. The minimum absolute atomic E-state index is 0.0282. The Kier molecular flexibility index (Phi) is 6.27. The lowest BCUT2D eigenvalue weighted by molar-refractivity contribution is 0.152. The van der Waals surface area contributed by atoms with Crippen molar-refractivity contribution in [3.63, 3.8) is 0 Å². The summed E-state index contributed by atoms with van der Waals surface area (Å²) in [5.41, 5.74) is 0. The Balaban J connectivity index is 2.69.